The number of sulfonamides is 1. The standard InChI is InChI=1S/C18H17NO4S/c1-2-23-13-7-9-14(10-8-13)24(21,22)19-17-11-12-18(20)16-6-4-3-5-15(16)17/h3-12,19-20H,2H2,1H3. The Hall–Kier alpha value is -2.73. The SMILES string of the molecule is CCOc1ccc(S(=O)(=O)Nc2ccc(O)c3ccccc23)cc1. The Kier molecular flexibility index (Phi) is 4.31. The Balaban J connectivity index is 1.96. The van der Waals surface area contributed by atoms with E-state index in [2.05, 4.69) is 4.72 Å². The van der Waals surface area contributed by atoms with Crippen LogP contribution in [0, 0.1) is 0 Å². The summed E-state index contributed by atoms with van der Waals surface area (Å²) in [7, 11) is -3.74. The van der Waals surface area contributed by atoms with E-state index in [-0.39, 0.29) is 10.6 Å². The van der Waals surface area contributed by atoms with Gasteiger partial charge in [-0.1, -0.05) is 24.3 Å². The highest BCUT2D eigenvalue weighted by Gasteiger charge is 2.16. The molecular formula is C18H17NO4S. The number of phenols is 1. The zero-order valence-corrected chi connectivity index (χ0v) is 13.9. The van der Waals surface area contributed by atoms with Gasteiger partial charge >= 0.3 is 0 Å². The Morgan fingerprint density at radius 1 is 0.958 bits per heavy atom. The molecule has 0 bridgehead atoms. The third kappa shape index (κ3) is 3.14. The first-order valence-electron chi connectivity index (χ1n) is 7.47. The molecule has 0 spiro atoms. The van der Waals surface area contributed by atoms with Gasteiger partial charge in [0.2, 0.25) is 0 Å². The number of hydrogen-bond acceptors (Lipinski definition) is 4. The third-order valence-electron chi connectivity index (χ3n) is 3.59. The maximum atomic E-state index is 12.6. The molecule has 0 aliphatic carbocycles. The highest BCUT2D eigenvalue weighted by Crippen LogP contribution is 2.32. The molecule has 0 heterocycles. The van der Waals surface area contributed by atoms with Gasteiger partial charge in [0, 0.05) is 10.8 Å². The predicted molar refractivity (Wildman–Crippen MR) is 94.0 cm³/mol. The zero-order chi connectivity index (χ0) is 17.2. The van der Waals surface area contributed by atoms with Crippen LogP contribution in [0.5, 0.6) is 11.5 Å². The summed E-state index contributed by atoms with van der Waals surface area (Å²) < 4.78 is 33.1. The van der Waals surface area contributed by atoms with Crippen molar-refractivity contribution in [3.8, 4) is 11.5 Å². The second kappa shape index (κ2) is 6.41. The molecule has 0 aliphatic rings. The summed E-state index contributed by atoms with van der Waals surface area (Å²) in [5.41, 5.74) is 0.414. The molecule has 6 heteroatoms. The number of rotatable bonds is 5. The fourth-order valence-corrected chi connectivity index (χ4v) is 3.54. The van der Waals surface area contributed by atoms with E-state index >= 15 is 0 Å². The van der Waals surface area contributed by atoms with Crippen molar-refractivity contribution in [1.82, 2.24) is 0 Å². The summed E-state index contributed by atoms with van der Waals surface area (Å²) in [6.07, 6.45) is 0. The Morgan fingerprint density at radius 3 is 2.29 bits per heavy atom. The van der Waals surface area contributed by atoms with Gasteiger partial charge < -0.3 is 9.84 Å². The molecular weight excluding hydrogens is 326 g/mol. The Morgan fingerprint density at radius 2 is 1.62 bits per heavy atom. The number of hydrogen-bond donors (Lipinski definition) is 2. The van der Waals surface area contributed by atoms with Gasteiger partial charge in [-0.25, -0.2) is 8.42 Å². The minimum atomic E-state index is -3.74. The van der Waals surface area contributed by atoms with Crippen LogP contribution in [0.1, 0.15) is 6.92 Å². The van der Waals surface area contributed by atoms with E-state index in [0.717, 1.165) is 0 Å². The van der Waals surface area contributed by atoms with Crippen LogP contribution in [0.25, 0.3) is 10.8 Å². The van der Waals surface area contributed by atoms with E-state index in [1.54, 1.807) is 42.5 Å². The van der Waals surface area contributed by atoms with Crippen LogP contribution < -0.4 is 9.46 Å². The molecule has 0 fully saturated rings. The first kappa shape index (κ1) is 16.1. The van der Waals surface area contributed by atoms with Crippen molar-refractivity contribution in [1.29, 1.82) is 0 Å². The molecule has 3 aromatic carbocycles. The third-order valence-corrected chi connectivity index (χ3v) is 4.97. The number of benzene rings is 3. The zero-order valence-electron chi connectivity index (χ0n) is 13.1. The lowest BCUT2D eigenvalue weighted by Crippen LogP contribution is -2.13. The number of nitrogens with one attached hydrogen (secondary N) is 1. The smallest absolute Gasteiger partial charge is 0.261 e. The Bertz CT molecular complexity index is 966. The lowest BCUT2D eigenvalue weighted by atomic mass is 10.1. The summed E-state index contributed by atoms with van der Waals surface area (Å²) in [5, 5.41) is 11.1. The van der Waals surface area contributed by atoms with Crippen molar-refractivity contribution in [2.24, 2.45) is 0 Å². The van der Waals surface area contributed by atoms with Crippen molar-refractivity contribution in [3.05, 3.63) is 60.7 Å². The van der Waals surface area contributed by atoms with Gasteiger partial charge in [-0.05, 0) is 43.3 Å². The molecule has 5 nitrogen and oxygen atoms in total. The van der Waals surface area contributed by atoms with E-state index in [1.165, 1.54) is 18.2 Å². The fourth-order valence-electron chi connectivity index (χ4n) is 2.46. The lowest BCUT2D eigenvalue weighted by molar-refractivity contribution is 0.340. The molecule has 3 aromatic rings. The average Bonchev–Trinajstić information content (AvgIpc) is 2.58. The van der Waals surface area contributed by atoms with Crippen molar-refractivity contribution in [2.45, 2.75) is 11.8 Å². The van der Waals surface area contributed by atoms with Crippen molar-refractivity contribution in [2.75, 3.05) is 11.3 Å². The van der Waals surface area contributed by atoms with Crippen LogP contribution in [0.15, 0.2) is 65.6 Å². The normalized spacial score (nSPS) is 11.4. The fraction of sp³-hybridized carbons (Fsp3) is 0.111. The first-order valence-corrected chi connectivity index (χ1v) is 8.96. The highest BCUT2D eigenvalue weighted by atomic mass is 32.2. The van der Waals surface area contributed by atoms with E-state index in [0.29, 0.717) is 28.8 Å². The molecule has 24 heavy (non-hydrogen) atoms. The van der Waals surface area contributed by atoms with E-state index < -0.39 is 10.0 Å². The van der Waals surface area contributed by atoms with E-state index in [9.17, 15) is 13.5 Å². The van der Waals surface area contributed by atoms with Gasteiger partial charge in [-0.15, -0.1) is 0 Å². The van der Waals surface area contributed by atoms with Gasteiger partial charge in [-0.3, -0.25) is 4.72 Å². The maximum absolute atomic E-state index is 12.6. The van der Waals surface area contributed by atoms with E-state index in [4.69, 9.17) is 4.74 Å². The number of ether oxygens (including phenoxy) is 1. The van der Waals surface area contributed by atoms with Gasteiger partial charge in [-0.2, -0.15) is 0 Å². The number of aromatic hydroxyl groups is 1. The van der Waals surface area contributed by atoms with Gasteiger partial charge in [0.15, 0.2) is 0 Å². The molecule has 0 unspecified atom stereocenters. The van der Waals surface area contributed by atoms with Crippen LogP contribution in [0.2, 0.25) is 0 Å². The molecule has 0 amide bonds. The van der Waals surface area contributed by atoms with Crippen LogP contribution in [-0.2, 0) is 10.0 Å². The van der Waals surface area contributed by atoms with Gasteiger partial charge in [0.05, 0.1) is 17.2 Å². The minimum Gasteiger partial charge on any atom is -0.507 e. The number of fused-ring (bicyclic) bond motifs is 1. The molecule has 0 saturated heterocycles. The Labute approximate surface area is 140 Å². The molecule has 0 atom stereocenters. The number of anilines is 1. The molecule has 0 aromatic heterocycles. The highest BCUT2D eigenvalue weighted by molar-refractivity contribution is 7.92. The largest absolute Gasteiger partial charge is 0.507 e. The molecule has 2 N–H and O–H groups in total. The van der Waals surface area contributed by atoms with Crippen molar-refractivity contribution < 1.29 is 18.3 Å². The summed E-state index contributed by atoms with van der Waals surface area (Å²) in [5.74, 6) is 0.723. The molecule has 0 radical (unpaired) electrons. The monoisotopic (exact) mass is 343 g/mol. The average molecular weight is 343 g/mol. The van der Waals surface area contributed by atoms with Crippen molar-refractivity contribution >= 4 is 26.5 Å². The van der Waals surface area contributed by atoms with Crippen molar-refractivity contribution in [3.63, 3.8) is 0 Å². The van der Waals surface area contributed by atoms with Crippen LogP contribution in [0.4, 0.5) is 5.69 Å². The quantitative estimate of drug-likeness (QED) is 0.692. The lowest BCUT2D eigenvalue weighted by Gasteiger charge is -2.12. The predicted octanol–water partition coefficient (Wildman–Crippen LogP) is 3.74. The van der Waals surface area contributed by atoms with Crippen LogP contribution >= 0.6 is 0 Å². The first-order chi connectivity index (χ1) is 11.5. The molecule has 0 saturated carbocycles. The van der Waals surface area contributed by atoms with Gasteiger partial charge in [0.25, 0.3) is 10.0 Å². The summed E-state index contributed by atoms with van der Waals surface area (Å²) >= 11 is 0. The minimum absolute atomic E-state index is 0.106. The van der Waals surface area contributed by atoms with Crippen LogP contribution in [0.3, 0.4) is 0 Å². The number of phenolic OH excluding ortho intramolecular Hbond substituents is 1. The van der Waals surface area contributed by atoms with E-state index in [1.807, 2.05) is 6.92 Å². The summed E-state index contributed by atoms with van der Waals surface area (Å²) in [6, 6.07) is 16.3. The van der Waals surface area contributed by atoms with Gasteiger partial charge in [0.1, 0.15) is 11.5 Å². The second-order valence-electron chi connectivity index (χ2n) is 5.19. The molecule has 124 valence electrons. The topological polar surface area (TPSA) is 75.6 Å². The summed E-state index contributed by atoms with van der Waals surface area (Å²) in [6.45, 7) is 2.38. The maximum Gasteiger partial charge on any atom is 0.261 e. The summed E-state index contributed by atoms with van der Waals surface area (Å²) in [4.78, 5) is 0.142. The molecule has 0 aliphatic heterocycles. The van der Waals surface area contributed by atoms with Crippen LogP contribution in [-0.4, -0.2) is 20.1 Å². The second-order valence-corrected chi connectivity index (χ2v) is 6.87. The molecule has 3 rings (SSSR count).